The molecule has 1 saturated heterocycles. The van der Waals surface area contributed by atoms with Crippen molar-refractivity contribution in [2.75, 3.05) is 19.7 Å². The van der Waals surface area contributed by atoms with E-state index in [0.717, 1.165) is 24.4 Å². The van der Waals surface area contributed by atoms with Crippen LogP contribution in [0.2, 0.25) is 5.02 Å². The van der Waals surface area contributed by atoms with E-state index in [2.05, 4.69) is 11.4 Å². The zero-order valence-electron chi connectivity index (χ0n) is 9.09. The fourth-order valence-corrected chi connectivity index (χ4v) is 2.07. The monoisotopic (exact) mass is 236 g/mol. The van der Waals surface area contributed by atoms with E-state index in [1.165, 1.54) is 0 Å². The van der Waals surface area contributed by atoms with Crippen molar-refractivity contribution in [1.82, 2.24) is 5.32 Å². The molecule has 1 N–H and O–H groups in total. The van der Waals surface area contributed by atoms with Crippen molar-refractivity contribution in [1.29, 1.82) is 5.26 Å². The molecule has 1 fully saturated rings. The maximum atomic E-state index is 9.15. The van der Waals surface area contributed by atoms with E-state index in [-0.39, 0.29) is 0 Å². The lowest BCUT2D eigenvalue weighted by atomic mass is 9.89. The summed E-state index contributed by atoms with van der Waals surface area (Å²) in [5, 5.41) is 12.8. The third-order valence-electron chi connectivity index (χ3n) is 2.76. The normalized spacial score (nSPS) is 15.3. The Hall–Kier alpha value is -1.24. The molecule has 0 unspecified atom stereocenters. The average molecular weight is 237 g/mol. The number of nitriles is 1. The standard InChI is InChI=1S/C12H13ClN2O/c1-2-16-11-4-3-10(13)9(5-14)12(11)8-6-15-7-8/h3-4,8,15H,2,6-7H2,1H3. The Morgan fingerprint density at radius 3 is 2.81 bits per heavy atom. The zero-order chi connectivity index (χ0) is 11.5. The van der Waals surface area contributed by atoms with E-state index in [4.69, 9.17) is 21.6 Å². The minimum atomic E-state index is 0.342. The molecule has 84 valence electrons. The van der Waals surface area contributed by atoms with Gasteiger partial charge in [0.25, 0.3) is 0 Å². The van der Waals surface area contributed by atoms with Crippen LogP contribution in [0.1, 0.15) is 24.0 Å². The van der Waals surface area contributed by atoms with Gasteiger partial charge in [-0.2, -0.15) is 5.26 Å². The Labute approximate surface area is 100.0 Å². The summed E-state index contributed by atoms with van der Waals surface area (Å²) in [5.74, 6) is 1.13. The number of nitrogens with one attached hydrogen (secondary N) is 1. The molecule has 0 amide bonds. The van der Waals surface area contributed by atoms with Gasteiger partial charge < -0.3 is 10.1 Å². The average Bonchev–Trinajstić information content (AvgIpc) is 2.20. The molecular formula is C12H13ClN2O. The van der Waals surface area contributed by atoms with Gasteiger partial charge in [0.1, 0.15) is 11.8 Å². The van der Waals surface area contributed by atoms with Gasteiger partial charge in [-0.05, 0) is 19.1 Å². The number of benzene rings is 1. The molecule has 0 aliphatic carbocycles. The van der Waals surface area contributed by atoms with Crippen molar-refractivity contribution in [3.63, 3.8) is 0 Å². The van der Waals surface area contributed by atoms with Crippen molar-refractivity contribution >= 4 is 11.6 Å². The number of rotatable bonds is 3. The molecule has 0 aromatic heterocycles. The molecule has 0 saturated carbocycles. The predicted octanol–water partition coefficient (Wildman–Crippen LogP) is 2.30. The third kappa shape index (κ3) is 1.87. The number of nitrogens with zero attached hydrogens (tertiary/aromatic N) is 1. The van der Waals surface area contributed by atoms with Crippen molar-refractivity contribution in [2.45, 2.75) is 12.8 Å². The SMILES string of the molecule is CCOc1ccc(Cl)c(C#N)c1C1CNC1. The first-order valence-electron chi connectivity index (χ1n) is 5.34. The second-order valence-corrected chi connectivity index (χ2v) is 4.14. The molecule has 1 aliphatic rings. The van der Waals surface area contributed by atoms with Gasteiger partial charge in [0, 0.05) is 24.6 Å². The largest absolute Gasteiger partial charge is 0.494 e. The molecule has 4 heteroatoms. The summed E-state index contributed by atoms with van der Waals surface area (Å²) in [6.45, 7) is 4.30. The number of hydrogen-bond donors (Lipinski definition) is 1. The Balaban J connectivity index is 2.49. The van der Waals surface area contributed by atoms with Gasteiger partial charge in [0.15, 0.2) is 0 Å². The van der Waals surface area contributed by atoms with Crippen LogP contribution < -0.4 is 10.1 Å². The second kappa shape index (κ2) is 4.73. The molecule has 3 nitrogen and oxygen atoms in total. The van der Waals surface area contributed by atoms with Crippen molar-refractivity contribution in [2.24, 2.45) is 0 Å². The van der Waals surface area contributed by atoms with Crippen molar-refractivity contribution in [3.8, 4) is 11.8 Å². The van der Waals surface area contributed by atoms with Gasteiger partial charge in [-0.3, -0.25) is 0 Å². The Morgan fingerprint density at radius 1 is 1.56 bits per heavy atom. The summed E-state index contributed by atoms with van der Waals surface area (Å²) in [7, 11) is 0. The third-order valence-corrected chi connectivity index (χ3v) is 3.07. The fourth-order valence-electron chi connectivity index (χ4n) is 1.87. The molecular weight excluding hydrogens is 224 g/mol. The lowest BCUT2D eigenvalue weighted by molar-refractivity contribution is 0.327. The van der Waals surface area contributed by atoms with E-state index in [1.807, 2.05) is 13.0 Å². The zero-order valence-corrected chi connectivity index (χ0v) is 9.84. The van der Waals surface area contributed by atoms with Gasteiger partial charge in [0.2, 0.25) is 0 Å². The Bertz CT molecular complexity index is 435. The van der Waals surface area contributed by atoms with Crippen LogP contribution in [0.25, 0.3) is 0 Å². The highest BCUT2D eigenvalue weighted by Crippen LogP contribution is 2.35. The maximum Gasteiger partial charge on any atom is 0.124 e. The summed E-state index contributed by atoms with van der Waals surface area (Å²) >= 11 is 6.03. The lowest BCUT2D eigenvalue weighted by Gasteiger charge is -2.30. The Kier molecular flexibility index (Phi) is 3.33. The van der Waals surface area contributed by atoms with E-state index in [1.54, 1.807) is 6.07 Å². The van der Waals surface area contributed by atoms with Crippen LogP contribution in [0.3, 0.4) is 0 Å². The van der Waals surface area contributed by atoms with Gasteiger partial charge in [-0.1, -0.05) is 11.6 Å². The first-order valence-corrected chi connectivity index (χ1v) is 5.71. The summed E-state index contributed by atoms with van der Waals surface area (Å²) < 4.78 is 5.55. The highest BCUT2D eigenvalue weighted by atomic mass is 35.5. The van der Waals surface area contributed by atoms with Crippen molar-refractivity contribution < 1.29 is 4.74 Å². The summed E-state index contributed by atoms with van der Waals surface area (Å²) in [5.41, 5.74) is 1.51. The van der Waals surface area contributed by atoms with Crippen LogP contribution in [-0.4, -0.2) is 19.7 Å². The van der Waals surface area contributed by atoms with Crippen LogP contribution in [0.15, 0.2) is 12.1 Å². The number of halogens is 1. The molecule has 1 aromatic rings. The van der Waals surface area contributed by atoms with Crippen LogP contribution in [0, 0.1) is 11.3 Å². The second-order valence-electron chi connectivity index (χ2n) is 3.73. The molecule has 0 spiro atoms. The number of hydrogen-bond acceptors (Lipinski definition) is 3. The fraction of sp³-hybridized carbons (Fsp3) is 0.417. The molecule has 0 radical (unpaired) electrons. The molecule has 16 heavy (non-hydrogen) atoms. The molecule has 0 atom stereocenters. The van der Waals surface area contributed by atoms with E-state index >= 15 is 0 Å². The van der Waals surface area contributed by atoms with Gasteiger partial charge >= 0.3 is 0 Å². The summed E-state index contributed by atoms with van der Waals surface area (Å²) in [6.07, 6.45) is 0. The molecule has 1 heterocycles. The van der Waals surface area contributed by atoms with E-state index in [9.17, 15) is 0 Å². The summed E-state index contributed by atoms with van der Waals surface area (Å²) in [4.78, 5) is 0. The predicted molar refractivity (Wildman–Crippen MR) is 62.9 cm³/mol. The van der Waals surface area contributed by atoms with E-state index < -0.39 is 0 Å². The molecule has 1 aliphatic heterocycles. The first-order chi connectivity index (χ1) is 7.77. The van der Waals surface area contributed by atoms with Crippen LogP contribution in [0.4, 0.5) is 0 Å². The lowest BCUT2D eigenvalue weighted by Crippen LogP contribution is -2.40. The Morgan fingerprint density at radius 2 is 2.31 bits per heavy atom. The highest BCUT2D eigenvalue weighted by Gasteiger charge is 2.26. The first kappa shape index (κ1) is 11.3. The molecule has 0 bridgehead atoms. The van der Waals surface area contributed by atoms with Crippen LogP contribution in [-0.2, 0) is 0 Å². The molecule has 2 rings (SSSR count). The minimum absolute atomic E-state index is 0.342. The van der Waals surface area contributed by atoms with Gasteiger partial charge in [0.05, 0.1) is 17.2 Å². The minimum Gasteiger partial charge on any atom is -0.494 e. The van der Waals surface area contributed by atoms with Crippen LogP contribution >= 0.6 is 11.6 Å². The van der Waals surface area contributed by atoms with Gasteiger partial charge in [-0.15, -0.1) is 0 Å². The van der Waals surface area contributed by atoms with Gasteiger partial charge in [-0.25, -0.2) is 0 Å². The molecule has 1 aromatic carbocycles. The van der Waals surface area contributed by atoms with E-state index in [0.29, 0.717) is 23.1 Å². The number of ether oxygens (including phenoxy) is 1. The van der Waals surface area contributed by atoms with Crippen LogP contribution in [0.5, 0.6) is 5.75 Å². The quantitative estimate of drug-likeness (QED) is 0.876. The summed E-state index contributed by atoms with van der Waals surface area (Å²) in [6, 6.07) is 5.74. The topological polar surface area (TPSA) is 45.0 Å². The maximum absolute atomic E-state index is 9.15. The highest BCUT2D eigenvalue weighted by molar-refractivity contribution is 6.31. The smallest absolute Gasteiger partial charge is 0.124 e. The van der Waals surface area contributed by atoms with Crippen molar-refractivity contribution in [3.05, 3.63) is 28.3 Å².